The molecule has 0 fully saturated rings. The number of hydrogen-bond donors (Lipinski definition) is 2. The molecule has 0 saturated heterocycles. The molecule has 0 spiro atoms. The van der Waals surface area contributed by atoms with E-state index in [2.05, 4.69) is 31.3 Å². The second kappa shape index (κ2) is 5.54. The van der Waals surface area contributed by atoms with Crippen molar-refractivity contribution in [3.05, 3.63) is 22.7 Å². The molecule has 0 amide bonds. The maximum Gasteiger partial charge on any atom is 0.573 e. The molecule has 3 nitrogen and oxygen atoms in total. The van der Waals surface area contributed by atoms with Crippen molar-refractivity contribution in [1.29, 1.82) is 0 Å². The molecule has 0 aromatic heterocycles. The maximum absolute atomic E-state index is 12.0. The Balaban J connectivity index is 2.83. The monoisotopic (exact) mass is 328 g/mol. The van der Waals surface area contributed by atoms with E-state index in [4.69, 9.17) is 12.2 Å². The normalized spacial score (nSPS) is 10.9. The van der Waals surface area contributed by atoms with Crippen molar-refractivity contribution in [3.8, 4) is 5.75 Å². The van der Waals surface area contributed by atoms with Crippen LogP contribution < -0.4 is 15.4 Å². The fraction of sp³-hybridized carbons (Fsp3) is 0.222. The quantitative estimate of drug-likeness (QED) is 0.816. The van der Waals surface area contributed by atoms with E-state index in [1.54, 1.807) is 7.05 Å². The highest BCUT2D eigenvalue weighted by atomic mass is 79.9. The average Bonchev–Trinajstić information content (AvgIpc) is 2.20. The maximum atomic E-state index is 12.0. The number of halogens is 4. The van der Waals surface area contributed by atoms with Gasteiger partial charge in [-0.2, -0.15) is 0 Å². The summed E-state index contributed by atoms with van der Waals surface area (Å²) in [7, 11) is 1.63. The van der Waals surface area contributed by atoms with Gasteiger partial charge in [0, 0.05) is 12.7 Å². The summed E-state index contributed by atoms with van der Waals surface area (Å²) in [6.07, 6.45) is -4.71. The molecule has 0 aliphatic carbocycles. The van der Waals surface area contributed by atoms with Crippen LogP contribution in [0.5, 0.6) is 5.75 Å². The summed E-state index contributed by atoms with van der Waals surface area (Å²) in [6, 6.07) is 4.05. The van der Waals surface area contributed by atoms with Crippen molar-refractivity contribution in [3.63, 3.8) is 0 Å². The van der Waals surface area contributed by atoms with Gasteiger partial charge < -0.3 is 15.4 Å². The van der Waals surface area contributed by atoms with E-state index in [9.17, 15) is 13.2 Å². The summed E-state index contributed by atoms with van der Waals surface area (Å²) in [5.41, 5.74) is 0.547. The van der Waals surface area contributed by atoms with Crippen molar-refractivity contribution in [2.45, 2.75) is 6.36 Å². The third-order valence-corrected chi connectivity index (χ3v) is 2.57. The van der Waals surface area contributed by atoms with Gasteiger partial charge in [0.15, 0.2) is 5.11 Å². The number of anilines is 1. The Bertz CT molecular complexity index is 425. The minimum atomic E-state index is -4.71. The molecule has 1 aromatic carbocycles. The van der Waals surface area contributed by atoms with Crippen molar-refractivity contribution < 1.29 is 17.9 Å². The first-order valence-corrected chi connectivity index (χ1v) is 5.56. The fourth-order valence-corrected chi connectivity index (χ4v) is 1.56. The number of hydrogen-bond acceptors (Lipinski definition) is 2. The summed E-state index contributed by atoms with van der Waals surface area (Å²) in [5, 5.41) is 5.82. The topological polar surface area (TPSA) is 33.3 Å². The molecule has 0 bridgehead atoms. The zero-order valence-electron chi connectivity index (χ0n) is 8.56. The summed E-state index contributed by atoms with van der Waals surface area (Å²) >= 11 is 7.84. The lowest BCUT2D eigenvalue weighted by molar-refractivity contribution is -0.274. The van der Waals surface area contributed by atoms with Crippen LogP contribution in [0.3, 0.4) is 0 Å². The van der Waals surface area contributed by atoms with Crippen LogP contribution >= 0.6 is 28.1 Å². The summed E-state index contributed by atoms with van der Waals surface area (Å²) in [5.74, 6) is -0.307. The first kappa shape index (κ1) is 14.0. The Morgan fingerprint density at radius 3 is 2.53 bits per heavy atom. The lowest BCUT2D eigenvalue weighted by Gasteiger charge is -2.12. The van der Waals surface area contributed by atoms with E-state index in [0.717, 1.165) is 0 Å². The van der Waals surface area contributed by atoms with Crippen molar-refractivity contribution in [2.75, 3.05) is 12.4 Å². The van der Waals surface area contributed by atoms with Crippen LogP contribution in [0.2, 0.25) is 0 Å². The largest absolute Gasteiger partial charge is 0.573 e. The van der Waals surface area contributed by atoms with E-state index in [0.29, 0.717) is 10.8 Å². The van der Waals surface area contributed by atoms with Gasteiger partial charge in [0.25, 0.3) is 0 Å². The zero-order chi connectivity index (χ0) is 13.1. The van der Waals surface area contributed by atoms with E-state index in [1.165, 1.54) is 18.2 Å². The van der Waals surface area contributed by atoms with Crippen LogP contribution in [0.4, 0.5) is 18.9 Å². The third kappa shape index (κ3) is 4.78. The number of benzene rings is 1. The molecule has 2 N–H and O–H groups in total. The van der Waals surface area contributed by atoms with Crippen molar-refractivity contribution >= 4 is 38.9 Å². The summed E-state index contributed by atoms with van der Waals surface area (Å²) in [6.45, 7) is 0. The molecule has 0 atom stereocenters. The Morgan fingerprint density at radius 1 is 1.41 bits per heavy atom. The van der Waals surface area contributed by atoms with E-state index >= 15 is 0 Å². The fourth-order valence-electron chi connectivity index (χ4n) is 0.980. The molecule has 17 heavy (non-hydrogen) atoms. The highest BCUT2D eigenvalue weighted by molar-refractivity contribution is 9.10. The second-order valence-electron chi connectivity index (χ2n) is 2.90. The smallest absolute Gasteiger partial charge is 0.405 e. The van der Waals surface area contributed by atoms with Crippen molar-refractivity contribution in [1.82, 2.24) is 5.32 Å². The van der Waals surface area contributed by atoms with E-state index < -0.39 is 6.36 Å². The zero-order valence-corrected chi connectivity index (χ0v) is 11.0. The van der Waals surface area contributed by atoms with Crippen LogP contribution in [0.15, 0.2) is 22.7 Å². The predicted octanol–water partition coefficient (Wildman–Crippen LogP) is 3.26. The summed E-state index contributed by atoms with van der Waals surface area (Å²) < 4.78 is 40.0. The van der Waals surface area contributed by atoms with Gasteiger partial charge in [-0.1, -0.05) is 0 Å². The van der Waals surface area contributed by atoms with Gasteiger partial charge in [-0.15, -0.1) is 13.2 Å². The molecular formula is C9H8BrF3N2OS. The molecule has 0 unspecified atom stereocenters. The SMILES string of the molecule is CNC(=S)Nc1ccc(OC(F)(F)F)c(Br)c1. The molecule has 1 aromatic rings. The second-order valence-corrected chi connectivity index (χ2v) is 4.16. The Hall–Kier alpha value is -1.02. The number of alkyl halides is 3. The number of ether oxygens (including phenoxy) is 1. The average molecular weight is 329 g/mol. The third-order valence-electron chi connectivity index (χ3n) is 1.64. The van der Waals surface area contributed by atoms with Crippen LogP contribution in [0, 0.1) is 0 Å². The first-order valence-electron chi connectivity index (χ1n) is 4.36. The van der Waals surface area contributed by atoms with Crippen LogP contribution in [0.1, 0.15) is 0 Å². The highest BCUT2D eigenvalue weighted by Crippen LogP contribution is 2.32. The van der Waals surface area contributed by atoms with E-state index in [-0.39, 0.29) is 10.2 Å². The minimum Gasteiger partial charge on any atom is -0.405 e. The van der Waals surface area contributed by atoms with Gasteiger partial charge in [0.1, 0.15) is 5.75 Å². The van der Waals surface area contributed by atoms with Gasteiger partial charge in [-0.3, -0.25) is 0 Å². The predicted molar refractivity (Wildman–Crippen MR) is 66.1 cm³/mol. The van der Waals surface area contributed by atoms with Gasteiger partial charge in [-0.05, 0) is 46.3 Å². The van der Waals surface area contributed by atoms with Gasteiger partial charge >= 0.3 is 6.36 Å². The first-order chi connectivity index (χ1) is 7.81. The van der Waals surface area contributed by atoms with Gasteiger partial charge in [0.2, 0.25) is 0 Å². The number of thiocarbonyl (C=S) groups is 1. The molecule has 0 aliphatic rings. The molecule has 0 aliphatic heterocycles. The molecule has 94 valence electrons. The molecule has 0 heterocycles. The minimum absolute atomic E-state index is 0.179. The van der Waals surface area contributed by atoms with Crippen LogP contribution in [0.25, 0.3) is 0 Å². The Labute approximate surface area is 109 Å². The highest BCUT2D eigenvalue weighted by Gasteiger charge is 2.31. The lowest BCUT2D eigenvalue weighted by atomic mass is 10.3. The molecule has 0 radical (unpaired) electrons. The van der Waals surface area contributed by atoms with Crippen LogP contribution in [-0.2, 0) is 0 Å². The molecular weight excluding hydrogens is 321 g/mol. The van der Waals surface area contributed by atoms with E-state index in [1.807, 2.05) is 0 Å². The lowest BCUT2D eigenvalue weighted by Crippen LogP contribution is -2.24. The molecule has 0 saturated carbocycles. The molecule has 1 rings (SSSR count). The summed E-state index contributed by atoms with van der Waals surface area (Å²) in [4.78, 5) is 0. The Morgan fingerprint density at radius 2 is 2.06 bits per heavy atom. The molecule has 8 heteroatoms. The number of rotatable bonds is 2. The van der Waals surface area contributed by atoms with Crippen molar-refractivity contribution in [2.24, 2.45) is 0 Å². The van der Waals surface area contributed by atoms with Gasteiger partial charge in [0.05, 0.1) is 4.47 Å². The Kier molecular flexibility index (Phi) is 4.58. The van der Waals surface area contributed by atoms with Gasteiger partial charge in [-0.25, -0.2) is 0 Å². The van der Waals surface area contributed by atoms with Crippen LogP contribution in [-0.4, -0.2) is 18.5 Å². The number of nitrogens with one attached hydrogen (secondary N) is 2. The standard InChI is InChI=1S/C9H8BrF3N2OS/c1-14-8(17)15-5-2-3-7(6(10)4-5)16-9(11,12)13/h2-4H,1H3,(H2,14,15,17).